The third kappa shape index (κ3) is 30.6. The van der Waals surface area contributed by atoms with Gasteiger partial charge in [-0.25, -0.2) is 0 Å². The lowest BCUT2D eigenvalue weighted by Crippen LogP contribution is -1.44. The Morgan fingerprint density at radius 3 is 1.55 bits per heavy atom. The summed E-state index contributed by atoms with van der Waals surface area (Å²) in [6, 6.07) is 4.93. The number of hydrogen-bond donors (Lipinski definition) is 0. The lowest BCUT2D eigenvalue weighted by molar-refractivity contribution is 1.52. The Bertz CT molecular complexity index is 243. The quantitative estimate of drug-likeness (QED) is 0.515. The van der Waals surface area contributed by atoms with E-state index in [1.165, 1.54) is 0 Å². The first kappa shape index (κ1) is 12.0. The molecular weight excluding hydrogens is 162 g/mol. The van der Waals surface area contributed by atoms with Crippen molar-refractivity contribution in [2.75, 3.05) is 0 Å². The Morgan fingerprint density at radius 2 is 1.45 bits per heavy atom. The van der Waals surface area contributed by atoms with E-state index >= 15 is 0 Å². The summed E-state index contributed by atoms with van der Waals surface area (Å²) in [5.41, 5.74) is 0. The highest BCUT2D eigenvalue weighted by Gasteiger charge is 1.68. The van der Waals surface area contributed by atoms with Crippen molar-refractivity contribution in [1.29, 1.82) is 15.8 Å². The van der Waals surface area contributed by atoms with Crippen LogP contribution in [0.1, 0.15) is 0 Å². The second-order valence-corrected chi connectivity index (χ2v) is 1.56. The molecule has 0 bridgehead atoms. The number of nitriles is 3. The average Bonchev–Trinajstić information content (AvgIpc) is 2.02. The van der Waals surface area contributed by atoms with Gasteiger partial charge in [0.05, 0.1) is 12.1 Å². The molecule has 0 aromatic rings. The van der Waals surface area contributed by atoms with Gasteiger partial charge in [-0.05, 0) is 0 Å². The molecule has 0 rings (SSSR count). The SMILES string of the molecule is C=C(Cl)C#N.N#C/C=C/C#N. The zero-order valence-corrected chi connectivity index (χ0v) is 6.34. The minimum Gasteiger partial charge on any atom is -0.193 e. The van der Waals surface area contributed by atoms with Gasteiger partial charge in [-0.2, -0.15) is 15.8 Å². The van der Waals surface area contributed by atoms with E-state index in [-0.39, 0.29) is 5.03 Å². The van der Waals surface area contributed by atoms with Crippen molar-refractivity contribution >= 4 is 11.6 Å². The van der Waals surface area contributed by atoms with Crippen molar-refractivity contribution in [1.82, 2.24) is 0 Å². The molecule has 0 N–H and O–H groups in total. The van der Waals surface area contributed by atoms with Gasteiger partial charge in [0.2, 0.25) is 0 Å². The summed E-state index contributed by atoms with van der Waals surface area (Å²) in [5.74, 6) is 0. The summed E-state index contributed by atoms with van der Waals surface area (Å²) in [4.78, 5) is 0. The largest absolute Gasteiger partial charge is 0.193 e. The smallest absolute Gasteiger partial charge is 0.111 e. The van der Waals surface area contributed by atoms with Crippen LogP contribution >= 0.6 is 11.6 Å². The molecule has 0 aliphatic heterocycles. The molecule has 0 atom stereocenters. The molecular formula is C7H4ClN3. The maximum absolute atomic E-state index is 7.71. The van der Waals surface area contributed by atoms with Gasteiger partial charge in [-0.1, -0.05) is 18.2 Å². The molecule has 0 saturated carbocycles. The topological polar surface area (TPSA) is 71.4 Å². The first-order chi connectivity index (χ1) is 5.18. The maximum Gasteiger partial charge on any atom is 0.111 e. The summed E-state index contributed by atoms with van der Waals surface area (Å²) in [6.45, 7) is 3.08. The van der Waals surface area contributed by atoms with Crippen molar-refractivity contribution in [3.8, 4) is 18.2 Å². The lowest BCUT2D eigenvalue weighted by Gasteiger charge is -1.58. The van der Waals surface area contributed by atoms with Gasteiger partial charge in [0, 0.05) is 12.2 Å². The maximum atomic E-state index is 7.71. The summed E-state index contributed by atoms with van der Waals surface area (Å²) < 4.78 is 0. The van der Waals surface area contributed by atoms with Crippen LogP contribution in [0.2, 0.25) is 0 Å². The highest BCUT2D eigenvalue weighted by molar-refractivity contribution is 6.31. The van der Waals surface area contributed by atoms with E-state index in [2.05, 4.69) is 6.58 Å². The highest BCUT2D eigenvalue weighted by Crippen LogP contribution is 1.88. The van der Waals surface area contributed by atoms with Crippen molar-refractivity contribution in [2.45, 2.75) is 0 Å². The van der Waals surface area contributed by atoms with Crippen LogP contribution in [-0.2, 0) is 0 Å². The summed E-state index contributed by atoms with van der Waals surface area (Å²) in [6.07, 6.45) is 2.25. The molecule has 0 saturated heterocycles. The van der Waals surface area contributed by atoms with Gasteiger partial charge in [0.25, 0.3) is 0 Å². The third-order valence-corrected chi connectivity index (χ3v) is 0.438. The molecule has 0 heterocycles. The molecule has 0 radical (unpaired) electrons. The van der Waals surface area contributed by atoms with Gasteiger partial charge >= 0.3 is 0 Å². The van der Waals surface area contributed by atoms with Crippen LogP contribution < -0.4 is 0 Å². The van der Waals surface area contributed by atoms with Gasteiger partial charge < -0.3 is 0 Å². The van der Waals surface area contributed by atoms with Crippen LogP contribution in [0.15, 0.2) is 23.8 Å². The van der Waals surface area contributed by atoms with Gasteiger partial charge in [-0.3, -0.25) is 0 Å². The van der Waals surface area contributed by atoms with E-state index in [1.807, 2.05) is 0 Å². The Hall–Kier alpha value is -1.76. The van der Waals surface area contributed by atoms with Crippen LogP contribution in [0, 0.1) is 34.0 Å². The van der Waals surface area contributed by atoms with E-state index in [4.69, 9.17) is 27.4 Å². The molecule has 0 unspecified atom stereocenters. The van der Waals surface area contributed by atoms with E-state index in [9.17, 15) is 0 Å². The van der Waals surface area contributed by atoms with Crippen molar-refractivity contribution in [3.05, 3.63) is 23.8 Å². The molecule has 0 aliphatic carbocycles. The molecule has 11 heavy (non-hydrogen) atoms. The fourth-order valence-corrected chi connectivity index (χ4v) is 0.0745. The van der Waals surface area contributed by atoms with Crippen molar-refractivity contribution in [2.24, 2.45) is 0 Å². The van der Waals surface area contributed by atoms with E-state index in [0.29, 0.717) is 0 Å². The Balaban J connectivity index is 0. The Morgan fingerprint density at radius 1 is 1.18 bits per heavy atom. The second kappa shape index (κ2) is 11.1. The Kier molecular flexibility index (Phi) is 12.1. The van der Waals surface area contributed by atoms with Crippen LogP contribution in [-0.4, -0.2) is 0 Å². The predicted octanol–water partition coefficient (Wildman–Crippen LogP) is 1.85. The predicted molar refractivity (Wildman–Crippen MR) is 41.0 cm³/mol. The van der Waals surface area contributed by atoms with Crippen molar-refractivity contribution < 1.29 is 0 Å². The normalized spacial score (nSPS) is 6.36. The lowest BCUT2D eigenvalue weighted by atomic mass is 10.6. The number of nitrogens with zero attached hydrogens (tertiary/aromatic N) is 3. The van der Waals surface area contributed by atoms with E-state index in [1.54, 1.807) is 18.2 Å². The van der Waals surface area contributed by atoms with Gasteiger partial charge in [0.15, 0.2) is 0 Å². The summed E-state index contributed by atoms with van der Waals surface area (Å²) in [5, 5.41) is 23.1. The average molecular weight is 166 g/mol. The Labute approximate surface area is 70.0 Å². The molecule has 0 spiro atoms. The zero-order valence-electron chi connectivity index (χ0n) is 5.58. The molecule has 0 aromatic heterocycles. The second-order valence-electron chi connectivity index (χ2n) is 1.11. The standard InChI is InChI=1S/C4H2N2.C3H2ClN/c5-3-1-2-4-6;1-3(4)2-5/h1-2H;1H2/b2-1+;. The van der Waals surface area contributed by atoms with Gasteiger partial charge in [0.1, 0.15) is 11.1 Å². The van der Waals surface area contributed by atoms with Crippen LogP contribution in [0.25, 0.3) is 0 Å². The monoisotopic (exact) mass is 165 g/mol. The number of rotatable bonds is 0. The van der Waals surface area contributed by atoms with Crippen LogP contribution in [0.4, 0.5) is 0 Å². The first-order valence-corrected chi connectivity index (χ1v) is 2.75. The fraction of sp³-hybridized carbons (Fsp3) is 0. The number of hydrogen-bond acceptors (Lipinski definition) is 3. The summed E-state index contributed by atoms with van der Waals surface area (Å²) >= 11 is 4.91. The summed E-state index contributed by atoms with van der Waals surface area (Å²) in [7, 11) is 0. The van der Waals surface area contributed by atoms with Crippen molar-refractivity contribution in [3.63, 3.8) is 0 Å². The molecule has 4 heteroatoms. The van der Waals surface area contributed by atoms with E-state index < -0.39 is 0 Å². The minimum absolute atomic E-state index is 0.0324. The minimum atomic E-state index is 0.0324. The first-order valence-electron chi connectivity index (χ1n) is 2.37. The molecule has 0 amide bonds. The van der Waals surface area contributed by atoms with Crippen LogP contribution in [0.5, 0.6) is 0 Å². The van der Waals surface area contributed by atoms with Gasteiger partial charge in [-0.15, -0.1) is 0 Å². The number of halogens is 1. The number of allylic oxidation sites excluding steroid dienone is 3. The molecule has 0 aromatic carbocycles. The fourth-order valence-electron chi connectivity index (χ4n) is 0.0745. The highest BCUT2D eigenvalue weighted by atomic mass is 35.5. The molecule has 0 aliphatic rings. The third-order valence-electron chi connectivity index (χ3n) is 0.354. The zero-order chi connectivity index (χ0) is 9.11. The van der Waals surface area contributed by atoms with E-state index in [0.717, 1.165) is 12.2 Å². The molecule has 0 fully saturated rings. The molecule has 3 nitrogen and oxygen atoms in total. The van der Waals surface area contributed by atoms with Crippen LogP contribution in [0.3, 0.4) is 0 Å². The molecule has 54 valence electrons.